The largest absolute Gasteiger partial charge is 0.338 e. The number of benzene rings is 2. The smallest absolute Gasteiger partial charge is 0.226 e. The van der Waals surface area contributed by atoms with Crippen molar-refractivity contribution >= 4 is 5.91 Å². The van der Waals surface area contributed by atoms with E-state index in [2.05, 4.69) is 72.2 Å². The maximum absolute atomic E-state index is 13.2. The molecule has 0 N–H and O–H groups in total. The highest BCUT2D eigenvalue weighted by molar-refractivity contribution is 5.79. The summed E-state index contributed by atoms with van der Waals surface area (Å²) in [5.74, 6) is 0.529. The average molecular weight is 379 g/mol. The molecule has 2 aromatic carbocycles. The standard InChI is InChI=1S/C25H34N2O/c1-3-4-15-27(20-22-10-6-5-7-11-22)25(28)24-13-16-26(17-14-24)19-23-12-8-9-21(2)18-23/h5-12,18,24H,3-4,13-17,19-20H2,1-2H3. The van der Waals surface area contributed by atoms with E-state index >= 15 is 0 Å². The third-order valence-electron chi connectivity index (χ3n) is 5.74. The lowest BCUT2D eigenvalue weighted by atomic mass is 9.94. The minimum atomic E-state index is 0.175. The minimum absolute atomic E-state index is 0.175. The van der Waals surface area contributed by atoms with E-state index < -0.39 is 0 Å². The van der Waals surface area contributed by atoms with Crippen LogP contribution in [0.4, 0.5) is 0 Å². The topological polar surface area (TPSA) is 23.6 Å². The van der Waals surface area contributed by atoms with Gasteiger partial charge in [-0.05, 0) is 50.4 Å². The van der Waals surface area contributed by atoms with Crippen molar-refractivity contribution in [2.24, 2.45) is 5.92 Å². The van der Waals surface area contributed by atoms with Crippen LogP contribution in [-0.4, -0.2) is 35.3 Å². The molecule has 0 saturated carbocycles. The maximum Gasteiger partial charge on any atom is 0.226 e. The number of carbonyl (C=O) groups is 1. The highest BCUT2D eigenvalue weighted by Crippen LogP contribution is 2.23. The molecule has 1 heterocycles. The van der Waals surface area contributed by atoms with Crippen molar-refractivity contribution in [2.45, 2.75) is 52.6 Å². The Morgan fingerprint density at radius 3 is 2.43 bits per heavy atom. The quantitative estimate of drug-likeness (QED) is 0.643. The van der Waals surface area contributed by atoms with Gasteiger partial charge in [0.1, 0.15) is 0 Å². The van der Waals surface area contributed by atoms with E-state index in [-0.39, 0.29) is 5.92 Å². The molecule has 3 nitrogen and oxygen atoms in total. The molecule has 150 valence electrons. The molecule has 0 unspecified atom stereocenters. The van der Waals surface area contributed by atoms with Gasteiger partial charge < -0.3 is 4.90 Å². The number of hydrogen-bond acceptors (Lipinski definition) is 2. The fraction of sp³-hybridized carbons (Fsp3) is 0.480. The zero-order valence-corrected chi connectivity index (χ0v) is 17.4. The summed E-state index contributed by atoms with van der Waals surface area (Å²) in [7, 11) is 0. The van der Waals surface area contributed by atoms with Gasteiger partial charge in [-0.3, -0.25) is 9.69 Å². The molecule has 3 heteroatoms. The van der Waals surface area contributed by atoms with Crippen molar-refractivity contribution in [3.05, 3.63) is 71.3 Å². The number of likely N-dealkylation sites (tertiary alicyclic amines) is 1. The number of nitrogens with zero attached hydrogens (tertiary/aromatic N) is 2. The summed E-state index contributed by atoms with van der Waals surface area (Å²) >= 11 is 0. The summed E-state index contributed by atoms with van der Waals surface area (Å²) in [5, 5.41) is 0. The first-order valence-electron chi connectivity index (χ1n) is 10.8. The third kappa shape index (κ3) is 5.93. The molecule has 1 aliphatic rings. The predicted molar refractivity (Wildman–Crippen MR) is 116 cm³/mol. The van der Waals surface area contributed by atoms with E-state index in [1.165, 1.54) is 16.7 Å². The van der Waals surface area contributed by atoms with Crippen LogP contribution in [0, 0.1) is 12.8 Å². The first-order chi connectivity index (χ1) is 13.7. The van der Waals surface area contributed by atoms with Gasteiger partial charge in [0.25, 0.3) is 0 Å². The minimum Gasteiger partial charge on any atom is -0.338 e. The number of hydrogen-bond donors (Lipinski definition) is 0. The highest BCUT2D eigenvalue weighted by atomic mass is 16.2. The van der Waals surface area contributed by atoms with Crippen LogP contribution in [0.1, 0.15) is 49.3 Å². The molecule has 1 aliphatic heterocycles. The summed E-state index contributed by atoms with van der Waals surface area (Å²) in [6.07, 6.45) is 4.14. The molecule has 2 aromatic rings. The Morgan fingerprint density at radius 1 is 1.04 bits per heavy atom. The Morgan fingerprint density at radius 2 is 1.75 bits per heavy atom. The van der Waals surface area contributed by atoms with Gasteiger partial charge in [-0.1, -0.05) is 73.5 Å². The van der Waals surface area contributed by atoms with E-state index in [0.29, 0.717) is 5.91 Å². The normalized spacial score (nSPS) is 15.5. The number of piperidine rings is 1. The number of carbonyl (C=O) groups excluding carboxylic acids is 1. The number of amides is 1. The van der Waals surface area contributed by atoms with Gasteiger partial charge in [0.15, 0.2) is 0 Å². The number of rotatable bonds is 8. The van der Waals surface area contributed by atoms with Gasteiger partial charge in [-0.15, -0.1) is 0 Å². The Balaban J connectivity index is 1.55. The summed E-state index contributed by atoms with van der Waals surface area (Å²) in [6.45, 7) is 8.96. The summed E-state index contributed by atoms with van der Waals surface area (Å²) < 4.78 is 0. The Hall–Kier alpha value is -2.13. The van der Waals surface area contributed by atoms with Crippen molar-refractivity contribution in [2.75, 3.05) is 19.6 Å². The lowest BCUT2D eigenvalue weighted by Crippen LogP contribution is -2.42. The van der Waals surface area contributed by atoms with Crippen LogP contribution in [0.25, 0.3) is 0 Å². The summed E-state index contributed by atoms with van der Waals surface area (Å²) in [6, 6.07) is 19.1. The van der Waals surface area contributed by atoms with Gasteiger partial charge in [0, 0.05) is 25.6 Å². The van der Waals surface area contributed by atoms with Crippen LogP contribution < -0.4 is 0 Å². The monoisotopic (exact) mass is 378 g/mol. The summed E-state index contributed by atoms with van der Waals surface area (Å²) in [5.41, 5.74) is 3.91. The van der Waals surface area contributed by atoms with E-state index in [1.54, 1.807) is 0 Å². The van der Waals surface area contributed by atoms with Gasteiger partial charge in [-0.25, -0.2) is 0 Å². The van der Waals surface area contributed by atoms with Gasteiger partial charge in [0.05, 0.1) is 0 Å². The van der Waals surface area contributed by atoms with Crippen molar-refractivity contribution in [3.63, 3.8) is 0 Å². The van der Waals surface area contributed by atoms with Crippen LogP contribution in [0.15, 0.2) is 54.6 Å². The fourth-order valence-electron chi connectivity index (χ4n) is 4.08. The second-order valence-corrected chi connectivity index (χ2v) is 8.14. The predicted octanol–water partition coefficient (Wildman–Crippen LogP) is 5.04. The lowest BCUT2D eigenvalue weighted by molar-refractivity contribution is -0.137. The van der Waals surface area contributed by atoms with Crippen molar-refractivity contribution in [1.82, 2.24) is 9.80 Å². The Kier molecular flexibility index (Phi) is 7.67. The Bertz CT molecular complexity index is 735. The lowest BCUT2D eigenvalue weighted by Gasteiger charge is -2.34. The van der Waals surface area contributed by atoms with Crippen molar-refractivity contribution in [1.29, 1.82) is 0 Å². The molecule has 0 aliphatic carbocycles. The van der Waals surface area contributed by atoms with Crippen LogP contribution in [0.2, 0.25) is 0 Å². The molecule has 0 bridgehead atoms. The van der Waals surface area contributed by atoms with E-state index in [9.17, 15) is 4.79 Å². The van der Waals surface area contributed by atoms with E-state index in [1.807, 2.05) is 6.07 Å². The third-order valence-corrected chi connectivity index (χ3v) is 5.74. The van der Waals surface area contributed by atoms with Crippen LogP contribution in [-0.2, 0) is 17.9 Å². The second-order valence-electron chi connectivity index (χ2n) is 8.14. The van der Waals surface area contributed by atoms with E-state index in [4.69, 9.17) is 0 Å². The first kappa shape index (κ1) is 20.6. The first-order valence-corrected chi connectivity index (χ1v) is 10.8. The summed E-state index contributed by atoms with van der Waals surface area (Å²) in [4.78, 5) is 17.8. The number of aryl methyl sites for hydroxylation is 1. The van der Waals surface area contributed by atoms with Crippen LogP contribution in [0.3, 0.4) is 0 Å². The van der Waals surface area contributed by atoms with Crippen LogP contribution in [0.5, 0.6) is 0 Å². The Labute approximate surface area is 170 Å². The molecule has 1 fully saturated rings. The van der Waals surface area contributed by atoms with Crippen molar-refractivity contribution < 1.29 is 4.79 Å². The second kappa shape index (κ2) is 10.4. The molecular formula is C25H34N2O. The van der Waals surface area contributed by atoms with Crippen LogP contribution >= 0.6 is 0 Å². The van der Waals surface area contributed by atoms with Gasteiger partial charge in [0.2, 0.25) is 5.91 Å². The maximum atomic E-state index is 13.2. The van der Waals surface area contributed by atoms with Crippen molar-refractivity contribution in [3.8, 4) is 0 Å². The fourth-order valence-corrected chi connectivity index (χ4v) is 4.08. The molecule has 0 aromatic heterocycles. The molecule has 3 rings (SSSR count). The van der Waals surface area contributed by atoms with Gasteiger partial charge >= 0.3 is 0 Å². The zero-order valence-electron chi connectivity index (χ0n) is 17.4. The van der Waals surface area contributed by atoms with Gasteiger partial charge in [-0.2, -0.15) is 0 Å². The molecule has 1 saturated heterocycles. The van der Waals surface area contributed by atoms with E-state index in [0.717, 1.165) is 58.4 Å². The number of unbranched alkanes of at least 4 members (excludes halogenated alkanes) is 1. The SMILES string of the molecule is CCCCN(Cc1ccccc1)C(=O)C1CCN(Cc2cccc(C)c2)CC1. The molecule has 28 heavy (non-hydrogen) atoms. The molecule has 0 radical (unpaired) electrons. The average Bonchev–Trinajstić information content (AvgIpc) is 2.72. The molecule has 0 spiro atoms. The highest BCUT2D eigenvalue weighted by Gasteiger charge is 2.28. The molecular weight excluding hydrogens is 344 g/mol. The zero-order chi connectivity index (χ0) is 19.8. The molecule has 1 amide bonds. The molecule has 0 atom stereocenters.